The Labute approximate surface area is 153 Å². The van der Waals surface area contributed by atoms with Gasteiger partial charge in [0.1, 0.15) is 5.82 Å². The van der Waals surface area contributed by atoms with Gasteiger partial charge in [0, 0.05) is 37.7 Å². The highest BCUT2D eigenvalue weighted by Crippen LogP contribution is 2.31. The van der Waals surface area contributed by atoms with E-state index >= 15 is 0 Å². The number of nitrogens with zero attached hydrogens (tertiary/aromatic N) is 2. The zero-order valence-corrected chi connectivity index (χ0v) is 15.5. The third-order valence-electron chi connectivity index (χ3n) is 4.46. The SMILES string of the molecule is CC(=O)Nc1ccc(F)c(NC(=O)N2CCCC(CO)(CN(C)C)C2)c1. The van der Waals surface area contributed by atoms with Crippen LogP contribution in [-0.2, 0) is 4.79 Å². The van der Waals surface area contributed by atoms with Gasteiger partial charge in [0.15, 0.2) is 0 Å². The van der Waals surface area contributed by atoms with Crippen LogP contribution in [0.2, 0.25) is 0 Å². The molecular weight excluding hydrogens is 339 g/mol. The fourth-order valence-electron chi connectivity index (χ4n) is 3.46. The second-order valence-corrected chi connectivity index (χ2v) is 7.23. The summed E-state index contributed by atoms with van der Waals surface area (Å²) < 4.78 is 14.0. The fraction of sp³-hybridized carbons (Fsp3) is 0.556. The summed E-state index contributed by atoms with van der Waals surface area (Å²) in [6.07, 6.45) is 1.61. The molecule has 1 aromatic carbocycles. The number of rotatable bonds is 5. The number of carbonyl (C=O) groups is 2. The Hall–Kier alpha value is -2.19. The molecule has 0 aliphatic carbocycles. The van der Waals surface area contributed by atoms with Crippen LogP contribution in [0.3, 0.4) is 0 Å². The van der Waals surface area contributed by atoms with Gasteiger partial charge in [0.2, 0.25) is 5.91 Å². The molecule has 144 valence electrons. The van der Waals surface area contributed by atoms with Crippen molar-refractivity contribution >= 4 is 23.3 Å². The smallest absolute Gasteiger partial charge is 0.321 e. The van der Waals surface area contributed by atoms with Gasteiger partial charge in [-0.2, -0.15) is 0 Å². The molecule has 0 radical (unpaired) electrons. The van der Waals surface area contributed by atoms with Crippen LogP contribution in [0.5, 0.6) is 0 Å². The molecule has 1 saturated heterocycles. The van der Waals surface area contributed by atoms with Gasteiger partial charge in [-0.05, 0) is 45.1 Å². The van der Waals surface area contributed by atoms with Crippen LogP contribution in [0.15, 0.2) is 18.2 Å². The lowest BCUT2D eigenvalue weighted by Crippen LogP contribution is -2.52. The Morgan fingerprint density at radius 1 is 1.35 bits per heavy atom. The van der Waals surface area contributed by atoms with Crippen molar-refractivity contribution in [3.63, 3.8) is 0 Å². The highest BCUT2D eigenvalue weighted by molar-refractivity contribution is 5.92. The first-order valence-electron chi connectivity index (χ1n) is 8.63. The maximum atomic E-state index is 14.0. The van der Waals surface area contributed by atoms with Gasteiger partial charge in [0.25, 0.3) is 0 Å². The van der Waals surface area contributed by atoms with Gasteiger partial charge in [-0.15, -0.1) is 0 Å². The minimum atomic E-state index is -0.578. The van der Waals surface area contributed by atoms with Crippen molar-refractivity contribution in [1.82, 2.24) is 9.80 Å². The van der Waals surface area contributed by atoms with Crippen molar-refractivity contribution in [1.29, 1.82) is 0 Å². The average molecular weight is 366 g/mol. The molecule has 0 spiro atoms. The van der Waals surface area contributed by atoms with E-state index in [1.54, 1.807) is 4.90 Å². The lowest BCUT2D eigenvalue weighted by Gasteiger charge is -2.43. The molecule has 3 N–H and O–H groups in total. The predicted molar refractivity (Wildman–Crippen MR) is 98.6 cm³/mol. The summed E-state index contributed by atoms with van der Waals surface area (Å²) in [5.41, 5.74) is 0.0366. The number of nitrogens with one attached hydrogen (secondary N) is 2. The summed E-state index contributed by atoms with van der Waals surface area (Å²) in [5.74, 6) is -0.854. The highest BCUT2D eigenvalue weighted by atomic mass is 19.1. The summed E-state index contributed by atoms with van der Waals surface area (Å²) in [7, 11) is 3.86. The number of anilines is 2. The number of aliphatic hydroxyl groups excluding tert-OH is 1. The number of amides is 3. The summed E-state index contributed by atoms with van der Waals surface area (Å²) in [4.78, 5) is 27.4. The van der Waals surface area contributed by atoms with Crippen molar-refractivity contribution in [2.45, 2.75) is 19.8 Å². The highest BCUT2D eigenvalue weighted by Gasteiger charge is 2.37. The molecule has 8 heteroatoms. The number of likely N-dealkylation sites (tertiary alicyclic amines) is 1. The van der Waals surface area contributed by atoms with E-state index in [9.17, 15) is 19.1 Å². The molecule has 3 amide bonds. The van der Waals surface area contributed by atoms with E-state index < -0.39 is 11.8 Å². The number of aliphatic hydroxyl groups is 1. The molecule has 1 heterocycles. The summed E-state index contributed by atoms with van der Waals surface area (Å²) >= 11 is 0. The number of urea groups is 1. The van der Waals surface area contributed by atoms with Crippen molar-refractivity contribution in [3.05, 3.63) is 24.0 Å². The molecule has 1 aromatic rings. The van der Waals surface area contributed by atoms with Crippen LogP contribution in [0.1, 0.15) is 19.8 Å². The third-order valence-corrected chi connectivity index (χ3v) is 4.46. The minimum absolute atomic E-state index is 0.00836. The third kappa shape index (κ3) is 5.15. The molecule has 0 aromatic heterocycles. The van der Waals surface area contributed by atoms with Gasteiger partial charge >= 0.3 is 6.03 Å². The Morgan fingerprint density at radius 2 is 2.08 bits per heavy atom. The van der Waals surface area contributed by atoms with E-state index in [2.05, 4.69) is 10.6 Å². The van der Waals surface area contributed by atoms with Crippen LogP contribution in [0.4, 0.5) is 20.6 Å². The number of hydrogen-bond acceptors (Lipinski definition) is 4. The van der Waals surface area contributed by atoms with E-state index in [4.69, 9.17) is 0 Å². The van der Waals surface area contributed by atoms with E-state index in [1.807, 2.05) is 19.0 Å². The quantitative estimate of drug-likeness (QED) is 0.744. The van der Waals surface area contributed by atoms with Gasteiger partial charge < -0.3 is 25.5 Å². The molecule has 1 fully saturated rings. The van der Waals surface area contributed by atoms with Gasteiger partial charge in [-0.25, -0.2) is 9.18 Å². The Balaban J connectivity index is 2.10. The average Bonchev–Trinajstić information content (AvgIpc) is 2.57. The van der Waals surface area contributed by atoms with Crippen LogP contribution >= 0.6 is 0 Å². The second kappa shape index (κ2) is 8.46. The summed E-state index contributed by atoms with van der Waals surface area (Å²) in [5, 5.41) is 15.0. The standard InChI is InChI=1S/C18H27FN4O3/c1-13(25)20-14-5-6-15(19)16(9-14)21-17(26)23-8-4-7-18(11-23,12-24)10-22(2)3/h5-6,9,24H,4,7-8,10-12H2,1-3H3,(H,20,25)(H,21,26). The molecule has 26 heavy (non-hydrogen) atoms. The maximum absolute atomic E-state index is 14.0. The molecule has 1 aliphatic heterocycles. The molecule has 1 atom stereocenters. The topological polar surface area (TPSA) is 84.9 Å². The van der Waals surface area contributed by atoms with Crippen molar-refractivity contribution < 1.29 is 19.1 Å². The predicted octanol–water partition coefficient (Wildman–Crippen LogP) is 1.95. The number of carbonyl (C=O) groups excluding carboxylic acids is 2. The van der Waals surface area contributed by atoms with Crippen LogP contribution in [-0.4, -0.2) is 67.2 Å². The maximum Gasteiger partial charge on any atom is 0.321 e. The summed E-state index contributed by atoms with van der Waals surface area (Å²) in [6, 6.07) is 3.60. The van der Waals surface area contributed by atoms with Crippen molar-refractivity contribution in [3.8, 4) is 0 Å². The number of hydrogen-bond donors (Lipinski definition) is 3. The lowest BCUT2D eigenvalue weighted by atomic mass is 9.80. The number of halogens is 1. The Bertz CT molecular complexity index is 668. The van der Waals surface area contributed by atoms with Gasteiger partial charge in [0.05, 0.1) is 12.3 Å². The molecular formula is C18H27FN4O3. The first-order chi connectivity index (χ1) is 12.2. The van der Waals surface area contributed by atoms with E-state index in [0.717, 1.165) is 12.8 Å². The zero-order chi connectivity index (χ0) is 19.3. The molecule has 7 nitrogen and oxygen atoms in total. The Morgan fingerprint density at radius 3 is 2.69 bits per heavy atom. The molecule has 1 unspecified atom stereocenters. The molecule has 2 rings (SSSR count). The first-order valence-corrected chi connectivity index (χ1v) is 8.63. The van der Waals surface area contributed by atoms with E-state index in [-0.39, 0.29) is 23.6 Å². The first kappa shape index (κ1) is 20.1. The Kier molecular flexibility index (Phi) is 6.55. The molecule has 1 aliphatic rings. The van der Waals surface area contributed by atoms with E-state index in [0.29, 0.717) is 25.3 Å². The van der Waals surface area contributed by atoms with Gasteiger partial charge in [-0.1, -0.05) is 0 Å². The number of benzene rings is 1. The van der Waals surface area contributed by atoms with Crippen molar-refractivity contribution in [2.75, 3.05) is 51.0 Å². The zero-order valence-electron chi connectivity index (χ0n) is 15.5. The normalized spacial score (nSPS) is 20.2. The molecule has 0 saturated carbocycles. The fourth-order valence-corrected chi connectivity index (χ4v) is 3.46. The van der Waals surface area contributed by atoms with Gasteiger partial charge in [-0.3, -0.25) is 4.79 Å². The van der Waals surface area contributed by atoms with E-state index in [1.165, 1.54) is 25.1 Å². The monoisotopic (exact) mass is 366 g/mol. The minimum Gasteiger partial charge on any atom is -0.396 e. The van der Waals surface area contributed by atoms with Crippen molar-refractivity contribution in [2.24, 2.45) is 5.41 Å². The summed E-state index contributed by atoms with van der Waals surface area (Å²) in [6.45, 7) is 2.96. The number of piperidine rings is 1. The largest absolute Gasteiger partial charge is 0.396 e. The molecule has 0 bridgehead atoms. The second-order valence-electron chi connectivity index (χ2n) is 7.23. The lowest BCUT2D eigenvalue weighted by molar-refractivity contribution is -0.114. The van der Waals surface area contributed by atoms with Crippen LogP contribution in [0.25, 0.3) is 0 Å². The van der Waals surface area contributed by atoms with Crippen LogP contribution < -0.4 is 10.6 Å². The van der Waals surface area contributed by atoms with Crippen LogP contribution in [0, 0.1) is 11.2 Å².